The summed E-state index contributed by atoms with van der Waals surface area (Å²) >= 11 is 0. The Morgan fingerprint density at radius 1 is 1.21 bits per heavy atom. The van der Waals surface area contributed by atoms with Gasteiger partial charge in [0.25, 0.3) is 0 Å². The van der Waals surface area contributed by atoms with Gasteiger partial charge in [-0.3, -0.25) is 4.79 Å². The average Bonchev–Trinajstić information content (AvgIpc) is 2.97. The van der Waals surface area contributed by atoms with Crippen molar-refractivity contribution in [2.45, 2.75) is 0 Å². The molecule has 0 aliphatic carbocycles. The van der Waals surface area contributed by atoms with E-state index in [4.69, 9.17) is 9.15 Å². The first kappa shape index (κ1) is 11.9. The molecule has 0 unspecified atom stereocenters. The van der Waals surface area contributed by atoms with E-state index >= 15 is 0 Å². The highest BCUT2D eigenvalue weighted by Crippen LogP contribution is 2.20. The predicted molar refractivity (Wildman–Crippen MR) is 68.2 cm³/mol. The summed E-state index contributed by atoms with van der Waals surface area (Å²) in [4.78, 5) is 21.4. The lowest BCUT2D eigenvalue weighted by Gasteiger charge is -2.27. The predicted octanol–water partition coefficient (Wildman–Crippen LogP) is 1.39. The van der Waals surface area contributed by atoms with Gasteiger partial charge in [-0.25, -0.2) is 9.97 Å². The molecule has 6 nitrogen and oxygen atoms in total. The second-order valence-corrected chi connectivity index (χ2v) is 4.16. The zero-order valence-electron chi connectivity index (χ0n) is 10.3. The monoisotopic (exact) mass is 259 g/mol. The molecule has 2 aromatic heterocycles. The van der Waals surface area contributed by atoms with Crippen molar-refractivity contribution in [3.63, 3.8) is 0 Å². The molecule has 1 aliphatic rings. The van der Waals surface area contributed by atoms with E-state index in [2.05, 4.69) is 14.9 Å². The number of rotatable bonds is 3. The van der Waals surface area contributed by atoms with Gasteiger partial charge in [0.15, 0.2) is 23.6 Å². The van der Waals surface area contributed by atoms with E-state index in [1.54, 1.807) is 18.3 Å². The summed E-state index contributed by atoms with van der Waals surface area (Å²) in [5.41, 5.74) is 0. The molecule has 6 heteroatoms. The molecule has 1 aliphatic heterocycles. The zero-order valence-corrected chi connectivity index (χ0v) is 10.3. The fraction of sp³-hybridized carbons (Fsp3) is 0.308. The van der Waals surface area contributed by atoms with E-state index in [1.807, 2.05) is 6.07 Å². The van der Waals surface area contributed by atoms with E-state index in [1.165, 1.54) is 0 Å². The average molecular weight is 259 g/mol. The van der Waals surface area contributed by atoms with Crippen LogP contribution in [0.4, 0.5) is 5.82 Å². The molecule has 98 valence electrons. The van der Waals surface area contributed by atoms with Crippen LogP contribution in [-0.2, 0) is 4.74 Å². The zero-order chi connectivity index (χ0) is 13.1. The number of carbonyl (C=O) groups is 1. The lowest BCUT2D eigenvalue weighted by atomic mass is 10.3. The third-order valence-electron chi connectivity index (χ3n) is 2.94. The Bertz CT molecular complexity index is 576. The van der Waals surface area contributed by atoms with Crippen LogP contribution in [0, 0.1) is 0 Å². The molecule has 0 amide bonds. The summed E-state index contributed by atoms with van der Waals surface area (Å²) in [5, 5.41) is 0. The number of nitrogens with zero attached hydrogens (tertiary/aromatic N) is 3. The molecule has 19 heavy (non-hydrogen) atoms. The fourth-order valence-electron chi connectivity index (χ4n) is 1.97. The highest BCUT2D eigenvalue weighted by Gasteiger charge is 2.14. The summed E-state index contributed by atoms with van der Waals surface area (Å²) in [7, 11) is 0. The molecular weight excluding hydrogens is 246 g/mol. The fourth-order valence-corrected chi connectivity index (χ4v) is 1.97. The first-order chi connectivity index (χ1) is 9.36. The van der Waals surface area contributed by atoms with Crippen molar-refractivity contribution in [3.8, 4) is 11.6 Å². The number of ether oxygens (including phenoxy) is 1. The van der Waals surface area contributed by atoms with Crippen molar-refractivity contribution < 1.29 is 13.9 Å². The van der Waals surface area contributed by atoms with Crippen molar-refractivity contribution in [3.05, 3.63) is 30.2 Å². The van der Waals surface area contributed by atoms with Gasteiger partial charge in [0.1, 0.15) is 5.82 Å². The topological polar surface area (TPSA) is 68.5 Å². The Kier molecular flexibility index (Phi) is 3.24. The summed E-state index contributed by atoms with van der Waals surface area (Å²) in [6, 6.07) is 5.16. The summed E-state index contributed by atoms with van der Waals surface area (Å²) in [6.07, 6.45) is 2.35. The molecule has 0 aromatic carbocycles. The lowest BCUT2D eigenvalue weighted by Crippen LogP contribution is -2.36. The molecule has 0 spiro atoms. The maximum absolute atomic E-state index is 10.6. The van der Waals surface area contributed by atoms with Crippen molar-refractivity contribution in [2.75, 3.05) is 31.2 Å². The minimum absolute atomic E-state index is 0.273. The summed E-state index contributed by atoms with van der Waals surface area (Å²) in [6.45, 7) is 3.03. The Morgan fingerprint density at radius 2 is 2.05 bits per heavy atom. The Morgan fingerprint density at radius 3 is 2.79 bits per heavy atom. The van der Waals surface area contributed by atoms with Gasteiger partial charge in [-0.2, -0.15) is 0 Å². The van der Waals surface area contributed by atoms with Crippen LogP contribution in [0.2, 0.25) is 0 Å². The summed E-state index contributed by atoms with van der Waals surface area (Å²) < 4.78 is 10.6. The largest absolute Gasteiger partial charge is 0.450 e. The molecule has 0 radical (unpaired) electrons. The Balaban J connectivity index is 1.88. The van der Waals surface area contributed by atoms with Crippen LogP contribution < -0.4 is 4.90 Å². The van der Waals surface area contributed by atoms with Gasteiger partial charge in [0, 0.05) is 19.3 Å². The SMILES string of the molecule is O=Cc1ccc(-c2nccc(N3CCOCC3)n2)o1. The van der Waals surface area contributed by atoms with Gasteiger partial charge in [0.05, 0.1) is 13.2 Å². The van der Waals surface area contributed by atoms with Crippen molar-refractivity contribution in [2.24, 2.45) is 0 Å². The maximum Gasteiger partial charge on any atom is 0.197 e. The van der Waals surface area contributed by atoms with E-state index in [9.17, 15) is 4.79 Å². The van der Waals surface area contributed by atoms with Crippen molar-refractivity contribution in [1.82, 2.24) is 9.97 Å². The molecule has 1 saturated heterocycles. The Labute approximate surface area is 110 Å². The van der Waals surface area contributed by atoms with Gasteiger partial charge in [-0.1, -0.05) is 0 Å². The number of hydrogen-bond donors (Lipinski definition) is 0. The minimum atomic E-state index is 0.273. The smallest absolute Gasteiger partial charge is 0.197 e. The third kappa shape index (κ3) is 2.48. The van der Waals surface area contributed by atoms with Gasteiger partial charge >= 0.3 is 0 Å². The molecule has 0 saturated carbocycles. The maximum atomic E-state index is 10.6. The number of aromatic nitrogens is 2. The number of furan rings is 1. The molecule has 3 rings (SSSR count). The van der Waals surface area contributed by atoms with Gasteiger partial charge in [-0.05, 0) is 18.2 Å². The van der Waals surface area contributed by atoms with Crippen LogP contribution in [0.1, 0.15) is 10.6 Å². The van der Waals surface area contributed by atoms with E-state index in [0.717, 1.165) is 18.9 Å². The first-order valence-corrected chi connectivity index (χ1v) is 6.08. The molecule has 0 N–H and O–H groups in total. The van der Waals surface area contributed by atoms with Crippen molar-refractivity contribution >= 4 is 12.1 Å². The highest BCUT2D eigenvalue weighted by molar-refractivity contribution is 5.72. The molecule has 2 aromatic rings. The second-order valence-electron chi connectivity index (χ2n) is 4.16. The molecular formula is C13H13N3O3. The highest BCUT2D eigenvalue weighted by atomic mass is 16.5. The number of anilines is 1. The molecule has 1 fully saturated rings. The van der Waals surface area contributed by atoms with Crippen LogP contribution in [0.15, 0.2) is 28.8 Å². The van der Waals surface area contributed by atoms with Crippen LogP contribution in [0.3, 0.4) is 0 Å². The van der Waals surface area contributed by atoms with Crippen LogP contribution in [0.25, 0.3) is 11.6 Å². The van der Waals surface area contributed by atoms with Crippen LogP contribution in [0.5, 0.6) is 0 Å². The summed E-state index contributed by atoms with van der Waals surface area (Å²) in [5.74, 6) is 2.10. The quantitative estimate of drug-likeness (QED) is 0.776. The third-order valence-corrected chi connectivity index (χ3v) is 2.94. The van der Waals surface area contributed by atoms with Gasteiger partial charge < -0.3 is 14.1 Å². The first-order valence-electron chi connectivity index (χ1n) is 6.08. The van der Waals surface area contributed by atoms with Crippen molar-refractivity contribution in [1.29, 1.82) is 0 Å². The molecule has 3 heterocycles. The minimum Gasteiger partial charge on any atom is -0.450 e. The number of morpholine rings is 1. The number of carbonyl (C=O) groups excluding carboxylic acids is 1. The van der Waals surface area contributed by atoms with E-state index in [0.29, 0.717) is 31.1 Å². The van der Waals surface area contributed by atoms with Gasteiger partial charge in [-0.15, -0.1) is 0 Å². The second kappa shape index (κ2) is 5.19. The molecule has 0 bridgehead atoms. The molecule has 0 atom stereocenters. The number of hydrogen-bond acceptors (Lipinski definition) is 6. The van der Waals surface area contributed by atoms with E-state index < -0.39 is 0 Å². The van der Waals surface area contributed by atoms with Gasteiger partial charge in [0.2, 0.25) is 0 Å². The van der Waals surface area contributed by atoms with E-state index in [-0.39, 0.29) is 5.76 Å². The standard InChI is InChI=1S/C13H13N3O3/c17-9-10-1-2-11(19-10)13-14-4-3-12(15-13)16-5-7-18-8-6-16/h1-4,9H,5-8H2. The Hall–Kier alpha value is -2.21. The lowest BCUT2D eigenvalue weighted by molar-refractivity contribution is 0.110. The number of aldehydes is 1. The van der Waals surface area contributed by atoms with Crippen LogP contribution in [-0.4, -0.2) is 42.6 Å². The normalized spacial score (nSPS) is 15.5. The van der Waals surface area contributed by atoms with Crippen LogP contribution >= 0.6 is 0 Å².